The molecule has 0 saturated carbocycles. The van der Waals surface area contributed by atoms with E-state index in [9.17, 15) is 0 Å². The van der Waals surface area contributed by atoms with Crippen LogP contribution in [-0.4, -0.2) is 18.2 Å². The summed E-state index contributed by atoms with van der Waals surface area (Å²) in [5, 5.41) is 3.20. The second kappa shape index (κ2) is 4.44. The molecule has 0 unspecified atom stereocenters. The van der Waals surface area contributed by atoms with Crippen LogP contribution in [0.15, 0.2) is 36.5 Å². The van der Waals surface area contributed by atoms with Crippen molar-refractivity contribution in [3.05, 3.63) is 36.5 Å². The zero-order valence-corrected chi connectivity index (χ0v) is 9.72. The fraction of sp³-hybridized carbons (Fsp3) is 0.154. The zero-order valence-electron chi connectivity index (χ0n) is 9.72. The Morgan fingerprint density at radius 2 is 1.94 bits per heavy atom. The van der Waals surface area contributed by atoms with E-state index in [-0.39, 0.29) is 0 Å². The lowest BCUT2D eigenvalue weighted by atomic mass is 10.2. The van der Waals surface area contributed by atoms with E-state index in [4.69, 9.17) is 15.2 Å². The number of nitrogens with zero attached hydrogens (tertiary/aromatic N) is 1. The van der Waals surface area contributed by atoms with Crippen LogP contribution < -0.4 is 20.5 Å². The molecule has 5 nitrogen and oxygen atoms in total. The number of nitrogen functional groups attached to an aromatic ring is 1. The van der Waals surface area contributed by atoms with E-state index in [1.807, 2.05) is 30.3 Å². The number of benzene rings is 1. The van der Waals surface area contributed by atoms with Gasteiger partial charge in [0, 0.05) is 18.0 Å². The maximum Gasteiger partial charge on any atom is 0.163 e. The Hall–Kier alpha value is -2.43. The molecule has 1 aliphatic rings. The van der Waals surface area contributed by atoms with Crippen LogP contribution in [0.2, 0.25) is 0 Å². The molecular formula is C13H13N3O2. The van der Waals surface area contributed by atoms with E-state index in [1.54, 1.807) is 6.20 Å². The quantitative estimate of drug-likeness (QED) is 0.846. The van der Waals surface area contributed by atoms with E-state index in [0.29, 0.717) is 19.0 Å². The summed E-state index contributed by atoms with van der Waals surface area (Å²) in [6.45, 7) is 1.17. The molecule has 18 heavy (non-hydrogen) atoms. The van der Waals surface area contributed by atoms with Crippen LogP contribution in [0.25, 0.3) is 0 Å². The highest BCUT2D eigenvalue weighted by Crippen LogP contribution is 2.34. The number of nitrogens with two attached hydrogens (primary N) is 1. The molecule has 0 atom stereocenters. The van der Waals surface area contributed by atoms with Gasteiger partial charge in [0.05, 0.1) is 5.69 Å². The van der Waals surface area contributed by atoms with Gasteiger partial charge in [-0.25, -0.2) is 4.98 Å². The van der Waals surface area contributed by atoms with Crippen molar-refractivity contribution in [3.8, 4) is 11.5 Å². The van der Waals surface area contributed by atoms with E-state index in [0.717, 1.165) is 22.9 Å². The lowest BCUT2D eigenvalue weighted by Crippen LogP contribution is -2.15. The molecule has 0 aliphatic carbocycles. The number of pyridine rings is 1. The largest absolute Gasteiger partial charge is 0.486 e. The molecule has 92 valence electrons. The summed E-state index contributed by atoms with van der Waals surface area (Å²) in [7, 11) is 0. The first-order valence-corrected chi connectivity index (χ1v) is 5.70. The number of hydrogen-bond donors (Lipinski definition) is 2. The third kappa shape index (κ3) is 2.02. The highest BCUT2D eigenvalue weighted by Gasteiger charge is 2.12. The molecule has 1 aromatic carbocycles. The Bertz CT molecular complexity index is 572. The number of fused-ring (bicyclic) bond motifs is 1. The van der Waals surface area contributed by atoms with Crippen LogP contribution in [0.3, 0.4) is 0 Å². The molecule has 3 rings (SSSR count). The molecule has 5 heteroatoms. The molecule has 2 heterocycles. The first-order valence-electron chi connectivity index (χ1n) is 5.70. The molecule has 1 aromatic heterocycles. The molecule has 0 spiro atoms. The summed E-state index contributed by atoms with van der Waals surface area (Å²) in [6.07, 6.45) is 1.66. The van der Waals surface area contributed by atoms with Crippen molar-refractivity contribution in [2.75, 3.05) is 24.3 Å². The molecule has 1 aliphatic heterocycles. The van der Waals surface area contributed by atoms with Crippen LogP contribution in [0, 0.1) is 0 Å². The van der Waals surface area contributed by atoms with Gasteiger partial charge in [0.25, 0.3) is 0 Å². The van der Waals surface area contributed by atoms with Crippen LogP contribution >= 0.6 is 0 Å². The molecular weight excluding hydrogens is 230 g/mol. The molecule has 3 N–H and O–H groups in total. The third-order valence-electron chi connectivity index (χ3n) is 2.66. The molecule has 0 fully saturated rings. The Kier molecular flexibility index (Phi) is 2.64. The summed E-state index contributed by atoms with van der Waals surface area (Å²) < 4.78 is 11.0. The van der Waals surface area contributed by atoms with Gasteiger partial charge in [0.15, 0.2) is 11.5 Å². The van der Waals surface area contributed by atoms with Crippen molar-refractivity contribution in [2.45, 2.75) is 0 Å². The number of rotatable bonds is 2. The SMILES string of the molecule is Nc1ncccc1Nc1ccc2c(c1)OCCO2. The maximum absolute atomic E-state index is 5.78. The molecule has 0 saturated heterocycles. The Labute approximate surface area is 105 Å². The Balaban J connectivity index is 1.87. The summed E-state index contributed by atoms with van der Waals surface area (Å²) >= 11 is 0. The highest BCUT2D eigenvalue weighted by molar-refractivity contribution is 5.70. The van der Waals surface area contributed by atoms with Crippen molar-refractivity contribution in [3.63, 3.8) is 0 Å². The van der Waals surface area contributed by atoms with Crippen molar-refractivity contribution in [2.24, 2.45) is 0 Å². The predicted octanol–water partition coefficient (Wildman–Crippen LogP) is 2.18. The normalized spacial score (nSPS) is 13.1. The number of ether oxygens (including phenoxy) is 2. The van der Waals surface area contributed by atoms with Gasteiger partial charge in [-0.05, 0) is 24.3 Å². The van der Waals surface area contributed by atoms with Gasteiger partial charge in [-0.2, -0.15) is 0 Å². The van der Waals surface area contributed by atoms with Crippen LogP contribution in [0.1, 0.15) is 0 Å². The first-order chi connectivity index (χ1) is 8.83. The number of hydrogen-bond acceptors (Lipinski definition) is 5. The minimum atomic E-state index is 0.465. The lowest BCUT2D eigenvalue weighted by Gasteiger charge is -2.19. The van der Waals surface area contributed by atoms with E-state index < -0.39 is 0 Å². The zero-order chi connectivity index (χ0) is 12.4. The van der Waals surface area contributed by atoms with Gasteiger partial charge in [0.1, 0.15) is 19.0 Å². The highest BCUT2D eigenvalue weighted by atomic mass is 16.6. The molecule has 0 amide bonds. The second-order valence-corrected chi connectivity index (χ2v) is 3.92. The number of aromatic nitrogens is 1. The maximum atomic E-state index is 5.78. The predicted molar refractivity (Wildman–Crippen MR) is 69.4 cm³/mol. The van der Waals surface area contributed by atoms with Gasteiger partial charge in [-0.15, -0.1) is 0 Å². The molecule has 2 aromatic rings. The van der Waals surface area contributed by atoms with Crippen LogP contribution in [0.5, 0.6) is 11.5 Å². The van der Waals surface area contributed by atoms with Crippen LogP contribution in [-0.2, 0) is 0 Å². The molecule has 0 bridgehead atoms. The summed E-state index contributed by atoms with van der Waals surface area (Å²) in [6, 6.07) is 9.39. The van der Waals surface area contributed by atoms with Gasteiger partial charge in [-0.3, -0.25) is 0 Å². The summed E-state index contributed by atoms with van der Waals surface area (Å²) in [5.41, 5.74) is 7.44. The first kappa shape index (κ1) is 10.7. The van der Waals surface area contributed by atoms with E-state index in [1.165, 1.54) is 0 Å². The minimum absolute atomic E-state index is 0.465. The average Bonchev–Trinajstić information content (AvgIpc) is 2.41. The Morgan fingerprint density at radius 3 is 2.78 bits per heavy atom. The lowest BCUT2D eigenvalue weighted by molar-refractivity contribution is 0.171. The monoisotopic (exact) mass is 243 g/mol. The van der Waals surface area contributed by atoms with Crippen molar-refractivity contribution < 1.29 is 9.47 Å². The van der Waals surface area contributed by atoms with Crippen molar-refractivity contribution >= 4 is 17.2 Å². The van der Waals surface area contributed by atoms with Gasteiger partial charge < -0.3 is 20.5 Å². The van der Waals surface area contributed by atoms with Gasteiger partial charge >= 0.3 is 0 Å². The summed E-state index contributed by atoms with van der Waals surface area (Å²) in [4.78, 5) is 4.02. The third-order valence-corrected chi connectivity index (χ3v) is 2.66. The number of nitrogens with one attached hydrogen (secondary N) is 1. The fourth-order valence-corrected chi connectivity index (χ4v) is 1.80. The van der Waals surface area contributed by atoms with Crippen molar-refractivity contribution in [1.82, 2.24) is 4.98 Å². The number of anilines is 3. The standard InChI is InChI=1S/C13H13N3O2/c14-13-10(2-1-5-15-13)16-9-3-4-11-12(8-9)18-7-6-17-11/h1-5,8,16H,6-7H2,(H2,14,15). The van der Waals surface area contributed by atoms with Gasteiger partial charge in [-0.1, -0.05) is 0 Å². The molecule has 0 radical (unpaired) electrons. The minimum Gasteiger partial charge on any atom is -0.486 e. The van der Waals surface area contributed by atoms with Gasteiger partial charge in [0.2, 0.25) is 0 Å². The summed E-state index contributed by atoms with van der Waals surface area (Å²) in [5.74, 6) is 1.98. The smallest absolute Gasteiger partial charge is 0.163 e. The fourth-order valence-electron chi connectivity index (χ4n) is 1.80. The van der Waals surface area contributed by atoms with Crippen LogP contribution in [0.4, 0.5) is 17.2 Å². The second-order valence-electron chi connectivity index (χ2n) is 3.92. The Morgan fingerprint density at radius 1 is 1.11 bits per heavy atom. The topological polar surface area (TPSA) is 69.4 Å². The average molecular weight is 243 g/mol. The van der Waals surface area contributed by atoms with E-state index >= 15 is 0 Å². The van der Waals surface area contributed by atoms with E-state index in [2.05, 4.69) is 10.3 Å². The van der Waals surface area contributed by atoms with Crippen molar-refractivity contribution in [1.29, 1.82) is 0 Å².